The van der Waals surface area contributed by atoms with Crippen LogP contribution < -0.4 is 0 Å². The van der Waals surface area contributed by atoms with Gasteiger partial charge in [0.05, 0.1) is 44.1 Å². The lowest BCUT2D eigenvalue weighted by atomic mass is 10.1. The number of aromatic nitrogens is 4. The zero-order valence-electron chi connectivity index (χ0n) is 32.1. The smallest absolute Gasteiger partial charge is 0.140 e. The van der Waals surface area contributed by atoms with Crippen molar-refractivity contribution in [2.45, 2.75) is 6.67 Å². The lowest BCUT2D eigenvalue weighted by Crippen LogP contribution is -2.13. The molecule has 0 atom stereocenters. The fourth-order valence-corrected chi connectivity index (χ4v) is 9.54. The predicted octanol–water partition coefficient (Wildman–Crippen LogP) is 13.2. The average molecular weight is 757 g/mol. The number of nitrogens with zero attached hydrogens (tertiary/aromatic N) is 6. The van der Waals surface area contributed by atoms with E-state index in [0.717, 1.165) is 60.9 Å². The first-order chi connectivity index (χ1) is 29.3. The zero-order valence-corrected chi connectivity index (χ0v) is 32.1. The number of para-hydroxylation sites is 7. The molecule has 0 spiro atoms. The van der Waals surface area contributed by atoms with Crippen LogP contribution in [0.5, 0.6) is 0 Å². The van der Waals surface area contributed by atoms with E-state index < -0.39 is 0 Å². The standard InChI is InChI=1S/C53H36N6/c1-54-50(58-46-27-13-6-19-36(46)37-20-7-14-28-47(37)58)33-51(59-48-29-15-8-21-38(48)39-22-9-16-30-49(39)59)55-34-56-44-25-11-5-23-40(44)42-31-32-43-41-24-10-12-26-45(41)57(53(43)52(42)56)35-17-3-2-4-18-35/h2-33H,1,34H2/b50-33+,55-51+. The molecule has 0 unspecified atom stereocenters. The van der Waals surface area contributed by atoms with Crippen molar-refractivity contribution < 1.29 is 0 Å². The molecule has 278 valence electrons. The predicted molar refractivity (Wildman–Crippen MR) is 249 cm³/mol. The molecule has 6 nitrogen and oxygen atoms in total. The van der Waals surface area contributed by atoms with Crippen LogP contribution in [0.1, 0.15) is 0 Å². The molecule has 0 aliphatic carbocycles. The molecule has 0 amide bonds. The minimum atomic E-state index is 0.351. The van der Waals surface area contributed by atoms with E-state index in [4.69, 9.17) is 9.98 Å². The molecule has 4 heterocycles. The summed E-state index contributed by atoms with van der Waals surface area (Å²) >= 11 is 0. The Morgan fingerprint density at radius 1 is 0.407 bits per heavy atom. The monoisotopic (exact) mass is 756 g/mol. The fraction of sp³-hybridized carbons (Fsp3) is 0.0189. The molecule has 59 heavy (non-hydrogen) atoms. The van der Waals surface area contributed by atoms with Crippen LogP contribution >= 0.6 is 0 Å². The van der Waals surface area contributed by atoms with E-state index in [2.05, 4.69) is 219 Å². The van der Waals surface area contributed by atoms with Crippen molar-refractivity contribution in [3.05, 3.63) is 194 Å². The van der Waals surface area contributed by atoms with Gasteiger partial charge in [-0.15, -0.1) is 0 Å². The third-order valence-corrected chi connectivity index (χ3v) is 12.0. The molecule has 4 aromatic heterocycles. The van der Waals surface area contributed by atoms with Crippen LogP contribution in [0.3, 0.4) is 0 Å². The maximum Gasteiger partial charge on any atom is 0.140 e. The molecule has 0 fully saturated rings. The molecule has 8 aromatic carbocycles. The topological polar surface area (TPSA) is 44.4 Å². The highest BCUT2D eigenvalue weighted by molar-refractivity contribution is 6.23. The third kappa shape index (κ3) is 4.87. The highest BCUT2D eigenvalue weighted by atomic mass is 15.2. The van der Waals surface area contributed by atoms with Crippen LogP contribution in [-0.2, 0) is 6.67 Å². The van der Waals surface area contributed by atoms with Crippen LogP contribution in [-0.4, -0.2) is 30.8 Å². The quantitative estimate of drug-likeness (QED) is 0.120. The minimum Gasteiger partial charge on any atom is -0.318 e. The molecule has 0 saturated carbocycles. The maximum atomic E-state index is 5.69. The Labute approximate surface area is 339 Å². The number of hydrogen-bond acceptors (Lipinski definition) is 2. The van der Waals surface area contributed by atoms with Gasteiger partial charge in [-0.05, 0) is 55.2 Å². The van der Waals surface area contributed by atoms with Crippen molar-refractivity contribution in [3.63, 3.8) is 0 Å². The van der Waals surface area contributed by atoms with Crippen molar-refractivity contribution in [2.75, 3.05) is 0 Å². The average Bonchev–Trinajstić information content (AvgIpc) is 4.02. The largest absolute Gasteiger partial charge is 0.318 e. The number of fused-ring (bicyclic) bond motifs is 13. The molecule has 0 aliphatic heterocycles. The molecule has 0 bridgehead atoms. The van der Waals surface area contributed by atoms with Gasteiger partial charge in [0.25, 0.3) is 0 Å². The Morgan fingerprint density at radius 2 is 0.814 bits per heavy atom. The molecular formula is C53H36N6. The zero-order chi connectivity index (χ0) is 39.0. The van der Waals surface area contributed by atoms with E-state index in [9.17, 15) is 0 Å². The second kappa shape index (κ2) is 13.0. The summed E-state index contributed by atoms with van der Waals surface area (Å²) in [5.41, 5.74) is 9.98. The normalized spacial score (nSPS) is 12.7. The Hall–Kier alpha value is -7.96. The van der Waals surface area contributed by atoms with Gasteiger partial charge in [-0.1, -0.05) is 140 Å². The van der Waals surface area contributed by atoms with Gasteiger partial charge >= 0.3 is 0 Å². The summed E-state index contributed by atoms with van der Waals surface area (Å²) in [6.07, 6.45) is 2.11. The number of rotatable bonds is 6. The second-order valence-electron chi connectivity index (χ2n) is 15.0. The summed E-state index contributed by atoms with van der Waals surface area (Å²) in [5, 5.41) is 9.47. The van der Waals surface area contributed by atoms with Crippen LogP contribution in [0, 0.1) is 0 Å². The SMILES string of the molecule is C=N/C(=C\C(=N/Cn1c2ccccc2c2ccc3c4ccccc4n(-c4ccccc4)c3c21)n1c2ccccc2c2ccccc21)n1c2ccccc2c2ccccc21. The van der Waals surface area contributed by atoms with Gasteiger partial charge in [0.2, 0.25) is 0 Å². The Morgan fingerprint density at radius 3 is 1.34 bits per heavy atom. The van der Waals surface area contributed by atoms with Crippen molar-refractivity contribution in [1.82, 2.24) is 18.3 Å². The Kier molecular flexibility index (Phi) is 7.34. The summed E-state index contributed by atoms with van der Waals surface area (Å²) in [4.78, 5) is 10.5. The van der Waals surface area contributed by atoms with Gasteiger partial charge in [0, 0.05) is 54.9 Å². The Bertz CT molecular complexity index is 3610. The molecule has 0 aliphatic rings. The first-order valence-electron chi connectivity index (χ1n) is 20.0. The highest BCUT2D eigenvalue weighted by Crippen LogP contribution is 2.41. The number of allylic oxidation sites excluding steroid dienone is 1. The van der Waals surface area contributed by atoms with Crippen molar-refractivity contribution in [2.24, 2.45) is 9.98 Å². The molecule has 0 saturated heterocycles. The number of benzene rings is 8. The van der Waals surface area contributed by atoms with Crippen molar-refractivity contribution >= 4 is 106 Å². The van der Waals surface area contributed by atoms with Gasteiger partial charge in [0.15, 0.2) is 0 Å². The number of aliphatic imine (C=N–C) groups is 2. The van der Waals surface area contributed by atoms with Crippen LogP contribution in [0.2, 0.25) is 0 Å². The summed E-state index contributed by atoms with van der Waals surface area (Å²) in [6.45, 7) is 4.51. The highest BCUT2D eigenvalue weighted by Gasteiger charge is 2.22. The number of hydrogen-bond donors (Lipinski definition) is 0. The van der Waals surface area contributed by atoms with Gasteiger partial charge in [-0.3, -0.25) is 9.13 Å². The van der Waals surface area contributed by atoms with Crippen LogP contribution in [0.25, 0.3) is 98.7 Å². The third-order valence-electron chi connectivity index (χ3n) is 12.0. The first-order valence-corrected chi connectivity index (χ1v) is 20.0. The summed E-state index contributed by atoms with van der Waals surface area (Å²) in [7, 11) is 0. The molecule has 0 N–H and O–H groups in total. The van der Waals surface area contributed by atoms with Crippen LogP contribution in [0.4, 0.5) is 0 Å². The maximum absolute atomic E-state index is 5.69. The van der Waals surface area contributed by atoms with E-state index in [1.165, 1.54) is 37.8 Å². The van der Waals surface area contributed by atoms with E-state index in [-0.39, 0.29) is 0 Å². The van der Waals surface area contributed by atoms with Crippen molar-refractivity contribution in [1.29, 1.82) is 0 Å². The van der Waals surface area contributed by atoms with Crippen LogP contribution in [0.15, 0.2) is 204 Å². The molecule has 6 heteroatoms. The second-order valence-corrected chi connectivity index (χ2v) is 15.0. The Balaban J connectivity index is 1.18. The fourth-order valence-electron chi connectivity index (χ4n) is 9.54. The first kappa shape index (κ1) is 33.2. The summed E-state index contributed by atoms with van der Waals surface area (Å²) in [5.74, 6) is 1.45. The van der Waals surface area contributed by atoms with Crippen molar-refractivity contribution in [3.8, 4) is 5.69 Å². The van der Waals surface area contributed by atoms with E-state index in [0.29, 0.717) is 12.5 Å². The molecule has 12 rings (SSSR count). The lowest BCUT2D eigenvalue weighted by molar-refractivity contribution is 0.789. The summed E-state index contributed by atoms with van der Waals surface area (Å²) < 4.78 is 9.31. The van der Waals surface area contributed by atoms with E-state index in [1.54, 1.807) is 0 Å². The lowest BCUT2D eigenvalue weighted by Gasteiger charge is -2.14. The molecular weight excluding hydrogens is 721 g/mol. The molecule has 12 aromatic rings. The van der Waals surface area contributed by atoms with Gasteiger partial charge in [-0.25, -0.2) is 9.98 Å². The van der Waals surface area contributed by atoms with E-state index in [1.807, 2.05) is 0 Å². The van der Waals surface area contributed by atoms with E-state index >= 15 is 0 Å². The minimum absolute atomic E-state index is 0.351. The molecule has 0 radical (unpaired) electrons. The summed E-state index contributed by atoms with van der Waals surface area (Å²) in [6, 6.07) is 66.9. The van der Waals surface area contributed by atoms with Gasteiger partial charge in [0.1, 0.15) is 18.3 Å². The van der Waals surface area contributed by atoms with Gasteiger partial charge in [-0.2, -0.15) is 0 Å². The van der Waals surface area contributed by atoms with Gasteiger partial charge < -0.3 is 9.13 Å².